The van der Waals surface area contributed by atoms with Crippen molar-refractivity contribution in [1.82, 2.24) is 20.2 Å². The van der Waals surface area contributed by atoms with E-state index in [0.29, 0.717) is 6.04 Å². The van der Waals surface area contributed by atoms with Gasteiger partial charge in [0.2, 0.25) is 0 Å². The molecule has 1 aliphatic rings. The van der Waals surface area contributed by atoms with E-state index in [1.54, 1.807) is 6.20 Å². The molecular weight excluding hydrogens is 256 g/mol. The molecule has 1 heterocycles. The van der Waals surface area contributed by atoms with Gasteiger partial charge in [-0.3, -0.25) is 0 Å². The Morgan fingerprint density at radius 3 is 2.70 bits per heavy atom. The lowest BCUT2D eigenvalue weighted by atomic mass is 9.87. The fourth-order valence-electron chi connectivity index (χ4n) is 2.18. The Morgan fingerprint density at radius 2 is 2.15 bits per heavy atom. The van der Waals surface area contributed by atoms with E-state index < -0.39 is 5.60 Å². The van der Waals surface area contributed by atoms with Crippen LogP contribution in [0.2, 0.25) is 0 Å². The molecule has 6 heteroatoms. The Balaban J connectivity index is 1.63. The van der Waals surface area contributed by atoms with Gasteiger partial charge in [0, 0.05) is 31.5 Å². The monoisotopic (exact) mass is 280 g/mol. The molecule has 0 bridgehead atoms. The molecule has 0 aliphatic heterocycles. The molecule has 0 atom stereocenters. The molecule has 1 saturated carbocycles. The summed E-state index contributed by atoms with van der Waals surface area (Å²) in [7, 11) is 1.98. The summed E-state index contributed by atoms with van der Waals surface area (Å²) in [6, 6.07) is 0.648. The SMILES string of the molecule is Cn1ccnc1CNC1CC(NC(=O)OC(C)(C)C)C1. The summed E-state index contributed by atoms with van der Waals surface area (Å²) in [4.78, 5) is 15.9. The summed E-state index contributed by atoms with van der Waals surface area (Å²) >= 11 is 0. The van der Waals surface area contributed by atoms with E-state index in [4.69, 9.17) is 4.74 Å². The summed E-state index contributed by atoms with van der Waals surface area (Å²) in [6.45, 7) is 6.35. The largest absolute Gasteiger partial charge is 0.444 e. The molecule has 0 spiro atoms. The predicted molar refractivity (Wildman–Crippen MR) is 76.2 cm³/mol. The number of aryl methyl sites for hydroxylation is 1. The molecule has 1 aromatic rings. The summed E-state index contributed by atoms with van der Waals surface area (Å²) in [5, 5.41) is 6.32. The zero-order valence-electron chi connectivity index (χ0n) is 12.6. The second kappa shape index (κ2) is 5.83. The Labute approximate surface area is 119 Å². The normalized spacial score (nSPS) is 22.2. The summed E-state index contributed by atoms with van der Waals surface area (Å²) < 4.78 is 7.23. The number of hydrogen-bond donors (Lipinski definition) is 2. The number of aromatic nitrogens is 2. The number of ether oxygens (including phenoxy) is 1. The standard InChI is InChI=1S/C14H24N4O2/c1-14(2,3)20-13(19)17-11-7-10(8-11)16-9-12-15-5-6-18(12)4/h5-6,10-11,16H,7-9H2,1-4H3,(H,17,19). The molecule has 112 valence electrons. The van der Waals surface area contributed by atoms with Crippen molar-refractivity contribution in [2.45, 2.75) is 57.8 Å². The summed E-state index contributed by atoms with van der Waals surface area (Å²) in [5.41, 5.74) is -0.441. The van der Waals surface area contributed by atoms with Gasteiger partial charge in [-0.1, -0.05) is 0 Å². The molecule has 2 rings (SSSR count). The highest BCUT2D eigenvalue weighted by Gasteiger charge is 2.31. The number of amides is 1. The Morgan fingerprint density at radius 1 is 1.45 bits per heavy atom. The number of nitrogens with one attached hydrogen (secondary N) is 2. The van der Waals surface area contributed by atoms with Crippen molar-refractivity contribution in [2.75, 3.05) is 0 Å². The first kappa shape index (κ1) is 14.8. The van der Waals surface area contributed by atoms with Crippen LogP contribution in [0.3, 0.4) is 0 Å². The summed E-state index contributed by atoms with van der Waals surface area (Å²) in [6.07, 6.45) is 5.27. The first-order chi connectivity index (χ1) is 9.33. The van der Waals surface area contributed by atoms with Gasteiger partial charge in [0.25, 0.3) is 0 Å². The van der Waals surface area contributed by atoms with Crippen LogP contribution >= 0.6 is 0 Å². The van der Waals surface area contributed by atoms with Crippen molar-refractivity contribution in [3.63, 3.8) is 0 Å². The van der Waals surface area contributed by atoms with Gasteiger partial charge in [0.15, 0.2) is 0 Å². The molecule has 6 nitrogen and oxygen atoms in total. The molecule has 0 unspecified atom stereocenters. The molecule has 1 fully saturated rings. The van der Waals surface area contributed by atoms with E-state index in [2.05, 4.69) is 15.6 Å². The Bertz CT molecular complexity index is 458. The highest BCUT2D eigenvalue weighted by molar-refractivity contribution is 5.68. The van der Waals surface area contributed by atoms with Gasteiger partial charge in [0.1, 0.15) is 11.4 Å². The van der Waals surface area contributed by atoms with E-state index >= 15 is 0 Å². The van der Waals surface area contributed by atoms with Crippen molar-refractivity contribution >= 4 is 6.09 Å². The van der Waals surface area contributed by atoms with Crippen molar-refractivity contribution in [3.8, 4) is 0 Å². The van der Waals surface area contributed by atoms with Gasteiger partial charge in [-0.2, -0.15) is 0 Å². The number of hydrogen-bond acceptors (Lipinski definition) is 4. The van der Waals surface area contributed by atoms with Gasteiger partial charge < -0.3 is 19.9 Å². The minimum absolute atomic E-state index is 0.212. The van der Waals surface area contributed by atoms with Crippen LogP contribution < -0.4 is 10.6 Å². The molecule has 0 saturated heterocycles. The Kier molecular flexibility index (Phi) is 4.32. The van der Waals surface area contributed by atoms with Crippen LogP contribution in [-0.4, -0.2) is 33.3 Å². The molecule has 1 amide bonds. The van der Waals surface area contributed by atoms with E-state index in [1.807, 2.05) is 38.6 Å². The van der Waals surface area contributed by atoms with Crippen LogP contribution in [0.25, 0.3) is 0 Å². The minimum Gasteiger partial charge on any atom is -0.444 e. The maximum Gasteiger partial charge on any atom is 0.407 e. The minimum atomic E-state index is -0.441. The number of carbonyl (C=O) groups excluding carboxylic acids is 1. The second-order valence-corrected chi connectivity index (χ2v) is 6.35. The Hall–Kier alpha value is -1.56. The van der Waals surface area contributed by atoms with Gasteiger partial charge in [-0.15, -0.1) is 0 Å². The van der Waals surface area contributed by atoms with Crippen molar-refractivity contribution in [1.29, 1.82) is 0 Å². The number of rotatable bonds is 4. The smallest absolute Gasteiger partial charge is 0.407 e. The average Bonchev–Trinajstić information content (AvgIpc) is 2.64. The number of alkyl carbamates (subject to hydrolysis) is 1. The molecule has 1 aliphatic carbocycles. The van der Waals surface area contributed by atoms with Crippen LogP contribution in [0, 0.1) is 0 Å². The lowest BCUT2D eigenvalue weighted by Gasteiger charge is -2.36. The first-order valence-corrected chi connectivity index (χ1v) is 7.02. The predicted octanol–water partition coefficient (Wildman–Crippen LogP) is 1.57. The third-order valence-corrected chi connectivity index (χ3v) is 3.33. The molecule has 0 aromatic carbocycles. The number of nitrogens with zero attached hydrogens (tertiary/aromatic N) is 2. The third-order valence-electron chi connectivity index (χ3n) is 3.33. The van der Waals surface area contributed by atoms with E-state index in [0.717, 1.165) is 25.2 Å². The molecule has 2 N–H and O–H groups in total. The van der Waals surface area contributed by atoms with Crippen LogP contribution in [0.5, 0.6) is 0 Å². The van der Waals surface area contributed by atoms with E-state index in [9.17, 15) is 4.79 Å². The maximum absolute atomic E-state index is 11.6. The quantitative estimate of drug-likeness (QED) is 0.878. The van der Waals surface area contributed by atoms with E-state index in [1.165, 1.54) is 0 Å². The summed E-state index contributed by atoms with van der Waals surface area (Å²) in [5.74, 6) is 1.02. The zero-order chi connectivity index (χ0) is 14.8. The van der Waals surface area contributed by atoms with Gasteiger partial charge in [0.05, 0.1) is 6.54 Å². The topological polar surface area (TPSA) is 68.2 Å². The fraction of sp³-hybridized carbons (Fsp3) is 0.714. The van der Waals surface area contributed by atoms with Crippen molar-refractivity contribution in [2.24, 2.45) is 7.05 Å². The highest BCUT2D eigenvalue weighted by atomic mass is 16.6. The third kappa shape index (κ3) is 4.23. The maximum atomic E-state index is 11.6. The van der Waals surface area contributed by atoms with Gasteiger partial charge >= 0.3 is 6.09 Å². The van der Waals surface area contributed by atoms with Gasteiger partial charge in [-0.25, -0.2) is 9.78 Å². The zero-order valence-corrected chi connectivity index (χ0v) is 12.6. The average molecular weight is 280 g/mol. The van der Waals surface area contributed by atoms with E-state index in [-0.39, 0.29) is 12.1 Å². The molecular formula is C14H24N4O2. The second-order valence-electron chi connectivity index (χ2n) is 6.35. The lowest BCUT2D eigenvalue weighted by molar-refractivity contribution is 0.0465. The van der Waals surface area contributed by atoms with Crippen molar-refractivity contribution in [3.05, 3.63) is 18.2 Å². The number of imidazole rings is 1. The van der Waals surface area contributed by atoms with Crippen LogP contribution in [0.1, 0.15) is 39.4 Å². The number of carbonyl (C=O) groups is 1. The van der Waals surface area contributed by atoms with Gasteiger partial charge in [-0.05, 0) is 33.6 Å². The fourth-order valence-corrected chi connectivity index (χ4v) is 2.18. The first-order valence-electron chi connectivity index (χ1n) is 7.02. The lowest BCUT2D eigenvalue weighted by Crippen LogP contribution is -2.53. The van der Waals surface area contributed by atoms with Crippen LogP contribution in [0.4, 0.5) is 4.79 Å². The highest BCUT2D eigenvalue weighted by Crippen LogP contribution is 2.21. The molecule has 20 heavy (non-hydrogen) atoms. The molecule has 0 radical (unpaired) electrons. The molecule has 1 aromatic heterocycles. The van der Waals surface area contributed by atoms with Crippen molar-refractivity contribution < 1.29 is 9.53 Å². The van der Waals surface area contributed by atoms with Crippen LogP contribution in [-0.2, 0) is 18.3 Å². The van der Waals surface area contributed by atoms with Crippen LogP contribution in [0.15, 0.2) is 12.4 Å².